The number of rotatable bonds is 6. The summed E-state index contributed by atoms with van der Waals surface area (Å²) >= 11 is 0. The Morgan fingerprint density at radius 3 is 2.17 bits per heavy atom. The first-order valence-corrected chi connectivity index (χ1v) is 7.86. The van der Waals surface area contributed by atoms with Gasteiger partial charge in [0, 0.05) is 13.1 Å². The van der Waals surface area contributed by atoms with Gasteiger partial charge >= 0.3 is 0 Å². The van der Waals surface area contributed by atoms with E-state index in [0.29, 0.717) is 29.7 Å². The molecular weight excluding hydrogens is 296 g/mol. The fourth-order valence-electron chi connectivity index (χ4n) is 2.93. The SMILES string of the molecule is COc1cc(CC(=O)N(C)C2CCNCC2)cc(OC)c1OC. The summed E-state index contributed by atoms with van der Waals surface area (Å²) in [5.41, 5.74) is 0.852. The Hall–Kier alpha value is -1.95. The van der Waals surface area contributed by atoms with Gasteiger partial charge in [0.25, 0.3) is 0 Å². The van der Waals surface area contributed by atoms with E-state index in [0.717, 1.165) is 31.5 Å². The van der Waals surface area contributed by atoms with Crippen molar-refractivity contribution >= 4 is 5.91 Å². The van der Waals surface area contributed by atoms with E-state index in [-0.39, 0.29) is 5.91 Å². The summed E-state index contributed by atoms with van der Waals surface area (Å²) in [5.74, 6) is 1.78. The average molecular weight is 322 g/mol. The molecule has 1 fully saturated rings. The van der Waals surface area contributed by atoms with Gasteiger partial charge in [-0.2, -0.15) is 0 Å². The third kappa shape index (κ3) is 4.07. The standard InChI is InChI=1S/C17H26N2O4/c1-19(13-5-7-18-8-6-13)16(20)11-12-9-14(21-2)17(23-4)15(10-12)22-3/h9-10,13,18H,5-8,11H2,1-4H3. The molecule has 6 heteroatoms. The Morgan fingerprint density at radius 2 is 1.70 bits per heavy atom. The number of nitrogens with zero attached hydrogens (tertiary/aromatic N) is 1. The molecule has 23 heavy (non-hydrogen) atoms. The largest absolute Gasteiger partial charge is 0.493 e. The minimum atomic E-state index is 0.103. The quantitative estimate of drug-likeness (QED) is 0.859. The molecule has 2 rings (SSSR count). The summed E-state index contributed by atoms with van der Waals surface area (Å²) in [4.78, 5) is 14.4. The lowest BCUT2D eigenvalue weighted by molar-refractivity contribution is -0.131. The first-order valence-electron chi connectivity index (χ1n) is 7.86. The molecule has 6 nitrogen and oxygen atoms in total. The third-order valence-corrected chi connectivity index (χ3v) is 4.33. The Bertz CT molecular complexity index is 516. The van der Waals surface area contributed by atoms with Gasteiger partial charge in [-0.1, -0.05) is 0 Å². The molecule has 0 spiro atoms. The zero-order chi connectivity index (χ0) is 16.8. The zero-order valence-electron chi connectivity index (χ0n) is 14.3. The van der Waals surface area contributed by atoms with Crippen molar-refractivity contribution in [1.29, 1.82) is 0 Å². The minimum Gasteiger partial charge on any atom is -0.493 e. The lowest BCUT2D eigenvalue weighted by Gasteiger charge is -2.31. The van der Waals surface area contributed by atoms with Crippen LogP contribution in [0.2, 0.25) is 0 Å². The van der Waals surface area contributed by atoms with E-state index >= 15 is 0 Å². The topological polar surface area (TPSA) is 60.0 Å². The molecule has 0 aliphatic carbocycles. The number of carbonyl (C=O) groups is 1. The van der Waals surface area contributed by atoms with Crippen molar-refractivity contribution < 1.29 is 19.0 Å². The summed E-state index contributed by atoms with van der Waals surface area (Å²) in [7, 11) is 6.60. The Labute approximate surface area is 137 Å². The number of benzene rings is 1. The van der Waals surface area contributed by atoms with Gasteiger partial charge in [-0.05, 0) is 43.6 Å². The van der Waals surface area contributed by atoms with Gasteiger partial charge < -0.3 is 24.4 Å². The molecule has 0 atom stereocenters. The molecule has 1 aromatic carbocycles. The Kier molecular flexibility index (Phi) is 6.10. The number of hydrogen-bond donors (Lipinski definition) is 1. The third-order valence-electron chi connectivity index (χ3n) is 4.33. The molecule has 1 N–H and O–H groups in total. The van der Waals surface area contributed by atoms with Crippen LogP contribution in [-0.2, 0) is 11.2 Å². The predicted octanol–water partition coefficient (Wildman–Crippen LogP) is 1.47. The summed E-state index contributed by atoms with van der Waals surface area (Å²) in [6, 6.07) is 3.97. The summed E-state index contributed by atoms with van der Waals surface area (Å²) in [5, 5.41) is 3.32. The first kappa shape index (κ1) is 17.4. The molecule has 0 radical (unpaired) electrons. The van der Waals surface area contributed by atoms with E-state index in [2.05, 4.69) is 5.32 Å². The number of hydrogen-bond acceptors (Lipinski definition) is 5. The van der Waals surface area contributed by atoms with Crippen LogP contribution in [0.1, 0.15) is 18.4 Å². The van der Waals surface area contributed by atoms with Crippen LogP contribution in [0.4, 0.5) is 0 Å². The number of methoxy groups -OCH3 is 3. The molecule has 1 heterocycles. The van der Waals surface area contributed by atoms with Crippen molar-refractivity contribution in [3.8, 4) is 17.2 Å². The molecule has 1 aliphatic heterocycles. The highest BCUT2D eigenvalue weighted by Crippen LogP contribution is 2.38. The van der Waals surface area contributed by atoms with Crippen LogP contribution in [0.5, 0.6) is 17.2 Å². The van der Waals surface area contributed by atoms with Gasteiger partial charge in [0.2, 0.25) is 11.7 Å². The predicted molar refractivity (Wildman–Crippen MR) is 88.5 cm³/mol. The molecule has 0 bridgehead atoms. The molecule has 0 saturated carbocycles. The zero-order valence-corrected chi connectivity index (χ0v) is 14.3. The monoisotopic (exact) mass is 322 g/mol. The van der Waals surface area contributed by atoms with Crippen molar-refractivity contribution in [2.75, 3.05) is 41.5 Å². The van der Waals surface area contributed by atoms with Crippen LogP contribution in [0.3, 0.4) is 0 Å². The molecule has 128 valence electrons. The maximum atomic E-state index is 12.6. The number of amides is 1. The number of piperidine rings is 1. The van der Waals surface area contributed by atoms with Crippen LogP contribution in [0.25, 0.3) is 0 Å². The maximum absolute atomic E-state index is 12.6. The van der Waals surface area contributed by atoms with E-state index in [1.54, 1.807) is 21.3 Å². The van der Waals surface area contributed by atoms with Crippen LogP contribution in [-0.4, -0.2) is 58.3 Å². The van der Waals surface area contributed by atoms with E-state index in [1.807, 2.05) is 24.1 Å². The lowest BCUT2D eigenvalue weighted by Crippen LogP contribution is -2.44. The second kappa shape index (κ2) is 8.06. The fraction of sp³-hybridized carbons (Fsp3) is 0.588. The van der Waals surface area contributed by atoms with Gasteiger partial charge in [0.05, 0.1) is 27.8 Å². The number of likely N-dealkylation sites (N-methyl/N-ethyl adjacent to an activating group) is 1. The first-order chi connectivity index (χ1) is 11.1. The van der Waals surface area contributed by atoms with Crippen LogP contribution < -0.4 is 19.5 Å². The van der Waals surface area contributed by atoms with Crippen molar-refractivity contribution in [3.05, 3.63) is 17.7 Å². The molecule has 1 aliphatic rings. The van der Waals surface area contributed by atoms with Crippen molar-refractivity contribution in [2.24, 2.45) is 0 Å². The molecule has 0 unspecified atom stereocenters. The highest BCUT2D eigenvalue weighted by atomic mass is 16.5. The minimum absolute atomic E-state index is 0.103. The van der Waals surface area contributed by atoms with Gasteiger partial charge in [0.1, 0.15) is 0 Å². The fourth-order valence-corrected chi connectivity index (χ4v) is 2.93. The summed E-state index contributed by atoms with van der Waals surface area (Å²) in [6.45, 7) is 1.93. The van der Waals surface area contributed by atoms with Gasteiger partial charge in [-0.3, -0.25) is 4.79 Å². The lowest BCUT2D eigenvalue weighted by atomic mass is 10.0. The highest BCUT2D eigenvalue weighted by molar-refractivity contribution is 5.79. The van der Waals surface area contributed by atoms with Crippen molar-refractivity contribution in [2.45, 2.75) is 25.3 Å². The van der Waals surface area contributed by atoms with E-state index in [1.165, 1.54) is 0 Å². The average Bonchev–Trinajstić information content (AvgIpc) is 2.60. The smallest absolute Gasteiger partial charge is 0.226 e. The number of nitrogens with one attached hydrogen (secondary N) is 1. The normalized spacial score (nSPS) is 15.1. The Morgan fingerprint density at radius 1 is 1.13 bits per heavy atom. The summed E-state index contributed by atoms with van der Waals surface area (Å²) < 4.78 is 16.0. The van der Waals surface area contributed by atoms with Crippen LogP contribution in [0.15, 0.2) is 12.1 Å². The molecular formula is C17H26N2O4. The molecule has 0 aromatic heterocycles. The molecule has 1 saturated heterocycles. The van der Waals surface area contributed by atoms with E-state index in [9.17, 15) is 4.79 Å². The van der Waals surface area contributed by atoms with Crippen molar-refractivity contribution in [1.82, 2.24) is 10.2 Å². The van der Waals surface area contributed by atoms with Crippen LogP contribution in [0, 0.1) is 0 Å². The molecule has 1 aromatic rings. The highest BCUT2D eigenvalue weighted by Gasteiger charge is 2.23. The molecule has 1 amide bonds. The number of ether oxygens (including phenoxy) is 3. The van der Waals surface area contributed by atoms with E-state index < -0.39 is 0 Å². The van der Waals surface area contributed by atoms with Crippen LogP contribution >= 0.6 is 0 Å². The number of carbonyl (C=O) groups excluding carboxylic acids is 1. The van der Waals surface area contributed by atoms with Crippen molar-refractivity contribution in [3.63, 3.8) is 0 Å². The maximum Gasteiger partial charge on any atom is 0.226 e. The Balaban J connectivity index is 2.13. The van der Waals surface area contributed by atoms with Gasteiger partial charge in [0.15, 0.2) is 11.5 Å². The van der Waals surface area contributed by atoms with Gasteiger partial charge in [-0.15, -0.1) is 0 Å². The second-order valence-electron chi connectivity index (χ2n) is 5.70. The van der Waals surface area contributed by atoms with E-state index in [4.69, 9.17) is 14.2 Å². The summed E-state index contributed by atoms with van der Waals surface area (Å²) in [6.07, 6.45) is 2.31. The van der Waals surface area contributed by atoms with Gasteiger partial charge in [-0.25, -0.2) is 0 Å². The second-order valence-corrected chi connectivity index (χ2v) is 5.70.